The summed E-state index contributed by atoms with van der Waals surface area (Å²) < 4.78 is 12.6. The van der Waals surface area contributed by atoms with Crippen LogP contribution >= 0.6 is 0 Å². The first-order valence-corrected chi connectivity index (χ1v) is 19.4. The molecule has 0 atom stereocenters. The third-order valence-corrected chi connectivity index (χ3v) is 11.3. The van der Waals surface area contributed by atoms with Crippen molar-refractivity contribution in [3.05, 3.63) is 188 Å². The molecule has 0 aliphatic carbocycles. The molecular formula is C53H31N3O2. The van der Waals surface area contributed by atoms with Crippen LogP contribution in [-0.4, -0.2) is 15.0 Å². The molecule has 0 radical (unpaired) electrons. The summed E-state index contributed by atoms with van der Waals surface area (Å²) in [6.45, 7) is 0. The van der Waals surface area contributed by atoms with Gasteiger partial charge < -0.3 is 8.83 Å². The summed E-state index contributed by atoms with van der Waals surface area (Å²) >= 11 is 0. The number of hydrogen-bond acceptors (Lipinski definition) is 5. The fourth-order valence-electron chi connectivity index (χ4n) is 8.54. The van der Waals surface area contributed by atoms with Crippen LogP contribution < -0.4 is 0 Å². The number of rotatable bonds is 5. The number of para-hydroxylation sites is 2. The second kappa shape index (κ2) is 12.8. The Hall–Kier alpha value is -7.89. The number of benzene rings is 9. The van der Waals surface area contributed by atoms with Gasteiger partial charge in [0, 0.05) is 38.2 Å². The Balaban J connectivity index is 1.05. The predicted octanol–water partition coefficient (Wildman–Crippen LogP) is 14.3. The molecule has 3 heterocycles. The molecule has 3 aromatic heterocycles. The van der Waals surface area contributed by atoms with Gasteiger partial charge in [-0.3, -0.25) is 0 Å². The molecule has 0 saturated carbocycles. The van der Waals surface area contributed by atoms with Crippen LogP contribution in [0, 0.1) is 0 Å². The van der Waals surface area contributed by atoms with Crippen molar-refractivity contribution < 1.29 is 8.83 Å². The molecule has 0 spiro atoms. The third-order valence-electron chi connectivity index (χ3n) is 11.3. The average molecular weight is 742 g/mol. The molecule has 9 aromatic carbocycles. The lowest BCUT2D eigenvalue weighted by atomic mass is 9.94. The smallest absolute Gasteiger partial charge is 0.164 e. The third kappa shape index (κ3) is 5.21. The van der Waals surface area contributed by atoms with Crippen molar-refractivity contribution in [3.8, 4) is 56.4 Å². The first kappa shape index (κ1) is 32.4. The molecule has 12 rings (SSSR count). The van der Waals surface area contributed by atoms with Crippen molar-refractivity contribution in [3.63, 3.8) is 0 Å². The molecule has 5 nitrogen and oxygen atoms in total. The van der Waals surface area contributed by atoms with Gasteiger partial charge >= 0.3 is 0 Å². The summed E-state index contributed by atoms with van der Waals surface area (Å²) in [4.78, 5) is 15.7. The zero-order valence-corrected chi connectivity index (χ0v) is 31.1. The highest BCUT2D eigenvalue weighted by Crippen LogP contribution is 2.40. The van der Waals surface area contributed by atoms with E-state index < -0.39 is 0 Å². The molecule has 0 aliphatic heterocycles. The fraction of sp³-hybridized carbons (Fsp3) is 0. The molecule has 270 valence electrons. The molecule has 0 amide bonds. The van der Waals surface area contributed by atoms with E-state index in [1.54, 1.807) is 0 Å². The maximum absolute atomic E-state index is 6.31. The zero-order chi connectivity index (χ0) is 38.2. The lowest BCUT2D eigenvalue weighted by molar-refractivity contribution is 0.668. The molecule has 12 aromatic rings. The Kier molecular flexibility index (Phi) is 7.16. The van der Waals surface area contributed by atoms with E-state index in [-0.39, 0.29) is 0 Å². The van der Waals surface area contributed by atoms with Gasteiger partial charge in [0.15, 0.2) is 17.5 Å². The van der Waals surface area contributed by atoms with Gasteiger partial charge in [-0.15, -0.1) is 0 Å². The Morgan fingerprint density at radius 3 is 1.31 bits per heavy atom. The van der Waals surface area contributed by atoms with E-state index in [0.717, 1.165) is 71.7 Å². The van der Waals surface area contributed by atoms with Crippen LogP contribution in [0.4, 0.5) is 0 Å². The highest BCUT2D eigenvalue weighted by Gasteiger charge is 2.20. The summed E-state index contributed by atoms with van der Waals surface area (Å²) in [5.74, 6) is 1.72. The topological polar surface area (TPSA) is 65.0 Å². The van der Waals surface area contributed by atoms with Crippen LogP contribution in [0.15, 0.2) is 197 Å². The monoisotopic (exact) mass is 741 g/mol. The van der Waals surface area contributed by atoms with Crippen LogP contribution in [0.1, 0.15) is 0 Å². The summed E-state index contributed by atoms with van der Waals surface area (Å²) in [5, 5.41) is 8.83. The molecular weight excluding hydrogens is 711 g/mol. The quantitative estimate of drug-likeness (QED) is 0.164. The summed E-state index contributed by atoms with van der Waals surface area (Å²) in [5.41, 5.74) is 10.5. The van der Waals surface area contributed by atoms with Crippen LogP contribution in [0.5, 0.6) is 0 Å². The fourth-order valence-corrected chi connectivity index (χ4v) is 8.54. The molecule has 58 heavy (non-hydrogen) atoms. The van der Waals surface area contributed by atoms with Gasteiger partial charge in [0.2, 0.25) is 0 Å². The highest BCUT2D eigenvalue weighted by atomic mass is 16.3. The average Bonchev–Trinajstić information content (AvgIpc) is 3.88. The number of furan rings is 2. The molecule has 0 saturated heterocycles. The van der Waals surface area contributed by atoms with E-state index in [1.807, 2.05) is 60.7 Å². The minimum atomic E-state index is 0.568. The van der Waals surface area contributed by atoms with E-state index in [9.17, 15) is 0 Å². The first-order chi connectivity index (χ1) is 28.7. The minimum absolute atomic E-state index is 0.568. The maximum atomic E-state index is 6.31. The van der Waals surface area contributed by atoms with Crippen molar-refractivity contribution in [1.82, 2.24) is 15.0 Å². The number of nitrogens with zero attached hydrogens (tertiary/aromatic N) is 3. The normalized spacial score (nSPS) is 11.8. The molecule has 0 N–H and O–H groups in total. The lowest BCUT2D eigenvalue weighted by Crippen LogP contribution is -2.01. The zero-order valence-electron chi connectivity index (χ0n) is 31.1. The van der Waals surface area contributed by atoms with E-state index in [1.165, 1.54) is 32.7 Å². The van der Waals surface area contributed by atoms with Crippen molar-refractivity contribution in [2.24, 2.45) is 0 Å². The molecule has 0 aliphatic rings. The number of hydrogen-bond donors (Lipinski definition) is 0. The number of aromatic nitrogens is 3. The van der Waals surface area contributed by atoms with E-state index >= 15 is 0 Å². The van der Waals surface area contributed by atoms with Gasteiger partial charge in [0.05, 0.1) is 0 Å². The van der Waals surface area contributed by atoms with Crippen molar-refractivity contribution in [1.29, 1.82) is 0 Å². The van der Waals surface area contributed by atoms with Crippen molar-refractivity contribution in [2.45, 2.75) is 0 Å². The highest BCUT2D eigenvalue weighted by molar-refractivity contribution is 6.14. The summed E-state index contributed by atoms with van der Waals surface area (Å²) in [6, 6.07) is 65.3. The second-order valence-electron chi connectivity index (χ2n) is 14.7. The van der Waals surface area contributed by atoms with Crippen molar-refractivity contribution in [2.75, 3.05) is 0 Å². The van der Waals surface area contributed by atoms with Gasteiger partial charge in [0.25, 0.3) is 0 Å². The molecule has 0 fully saturated rings. The Bertz CT molecular complexity index is 3450. The predicted molar refractivity (Wildman–Crippen MR) is 237 cm³/mol. The number of fused-ring (bicyclic) bond motifs is 9. The Morgan fingerprint density at radius 2 is 0.707 bits per heavy atom. The van der Waals surface area contributed by atoms with Gasteiger partial charge in [-0.05, 0) is 86.3 Å². The first-order valence-electron chi connectivity index (χ1n) is 19.4. The van der Waals surface area contributed by atoms with Crippen molar-refractivity contribution >= 4 is 65.4 Å². The Labute approximate surface area is 332 Å². The van der Waals surface area contributed by atoms with E-state index in [4.69, 9.17) is 23.8 Å². The van der Waals surface area contributed by atoms with Gasteiger partial charge in [-0.1, -0.05) is 146 Å². The standard InChI is InChI=1S/C53H31N3O2/c1-2-11-32(12-3-1)36-27-25-33-23-24-34-26-28-37(31-44(34)43(33)30-36)35-13-8-14-38(29-35)51-54-52(41-17-9-21-47-49(41)39-15-4-6-19-45(39)57-47)56-53(55-51)42-18-10-22-48-50(42)40-16-5-7-20-46(40)58-48/h1-31H. The van der Waals surface area contributed by atoms with Gasteiger partial charge in [0.1, 0.15) is 22.3 Å². The molecule has 0 unspecified atom stereocenters. The SMILES string of the molecule is c1ccc(-c2ccc3ccc4ccc(-c5cccc(-c6nc(-c7cccc8oc9ccccc9c78)nc(-c7cccc8oc9ccccc9c78)n6)c5)cc4c3c2)cc1. The molecule has 0 bridgehead atoms. The van der Waals surface area contributed by atoms with Gasteiger partial charge in [-0.2, -0.15) is 0 Å². The minimum Gasteiger partial charge on any atom is -0.456 e. The summed E-state index contributed by atoms with van der Waals surface area (Å²) in [6.07, 6.45) is 0. The maximum Gasteiger partial charge on any atom is 0.164 e. The van der Waals surface area contributed by atoms with E-state index in [0.29, 0.717) is 17.5 Å². The summed E-state index contributed by atoms with van der Waals surface area (Å²) in [7, 11) is 0. The lowest BCUT2D eigenvalue weighted by Gasteiger charge is -2.12. The largest absolute Gasteiger partial charge is 0.456 e. The molecule has 5 heteroatoms. The Morgan fingerprint density at radius 1 is 0.276 bits per heavy atom. The van der Waals surface area contributed by atoms with Gasteiger partial charge in [-0.25, -0.2) is 15.0 Å². The van der Waals surface area contributed by atoms with Crippen LogP contribution in [-0.2, 0) is 0 Å². The van der Waals surface area contributed by atoms with Crippen LogP contribution in [0.25, 0.3) is 122 Å². The van der Waals surface area contributed by atoms with Crippen LogP contribution in [0.3, 0.4) is 0 Å². The van der Waals surface area contributed by atoms with Crippen LogP contribution in [0.2, 0.25) is 0 Å². The van der Waals surface area contributed by atoms with E-state index in [2.05, 4.69) is 127 Å². The second-order valence-corrected chi connectivity index (χ2v) is 14.7.